The molecular weight excluding hydrogens is 393 g/mol. The fourth-order valence-electron chi connectivity index (χ4n) is 3.21. The van der Waals surface area contributed by atoms with Crippen LogP contribution in [0.3, 0.4) is 0 Å². The van der Waals surface area contributed by atoms with E-state index in [2.05, 4.69) is 9.97 Å². The molecule has 0 aliphatic carbocycles. The lowest BCUT2D eigenvalue weighted by Gasteiger charge is -2.12. The number of H-pyrrole nitrogens is 1. The van der Waals surface area contributed by atoms with Crippen molar-refractivity contribution in [3.63, 3.8) is 0 Å². The lowest BCUT2D eigenvalue weighted by Crippen LogP contribution is -2.31. The molecule has 2 aromatic heterocycles. The van der Waals surface area contributed by atoms with Gasteiger partial charge in [-0.2, -0.15) is 5.26 Å². The SMILES string of the molecule is N#CN(Cc1ccc(-c2nc(-c3ccncc3)c(-c3ccccc3F)[nH]2)cc1)C(=N)N. The van der Waals surface area contributed by atoms with Crippen LogP contribution in [0.15, 0.2) is 73.1 Å². The number of aromatic amines is 1. The number of guanidine groups is 1. The molecule has 2 heterocycles. The summed E-state index contributed by atoms with van der Waals surface area (Å²) in [5.74, 6) is -0.0707. The van der Waals surface area contributed by atoms with Crippen molar-refractivity contribution < 1.29 is 4.39 Å². The van der Waals surface area contributed by atoms with E-state index in [4.69, 9.17) is 21.4 Å². The van der Waals surface area contributed by atoms with Crippen molar-refractivity contribution in [2.24, 2.45) is 5.73 Å². The number of nitrogens with zero attached hydrogens (tertiary/aromatic N) is 4. The summed E-state index contributed by atoms with van der Waals surface area (Å²) >= 11 is 0. The van der Waals surface area contributed by atoms with Gasteiger partial charge in [-0.3, -0.25) is 10.4 Å². The first-order valence-electron chi connectivity index (χ1n) is 9.42. The van der Waals surface area contributed by atoms with Gasteiger partial charge in [-0.25, -0.2) is 14.3 Å². The number of rotatable bonds is 5. The maximum Gasteiger partial charge on any atom is 0.202 e. The minimum absolute atomic E-state index is 0.201. The Morgan fingerprint density at radius 2 is 1.77 bits per heavy atom. The summed E-state index contributed by atoms with van der Waals surface area (Å²) in [6.45, 7) is 0.201. The zero-order valence-electron chi connectivity index (χ0n) is 16.4. The molecule has 0 spiro atoms. The Morgan fingerprint density at radius 1 is 1.06 bits per heavy atom. The summed E-state index contributed by atoms with van der Waals surface area (Å²) in [5, 5.41) is 16.5. The molecule has 2 aromatic carbocycles. The maximum absolute atomic E-state index is 14.5. The molecule has 0 aliphatic heterocycles. The fourth-order valence-corrected chi connectivity index (χ4v) is 3.21. The van der Waals surface area contributed by atoms with Gasteiger partial charge in [0.2, 0.25) is 5.96 Å². The fraction of sp³-hybridized carbons (Fsp3) is 0.0435. The van der Waals surface area contributed by atoms with Crippen molar-refractivity contribution in [1.29, 1.82) is 10.7 Å². The summed E-state index contributed by atoms with van der Waals surface area (Å²) in [6.07, 6.45) is 5.21. The predicted molar refractivity (Wildman–Crippen MR) is 116 cm³/mol. The Hall–Kier alpha value is -4.51. The van der Waals surface area contributed by atoms with E-state index in [1.165, 1.54) is 6.07 Å². The number of nitrogens with two attached hydrogens (primary N) is 1. The van der Waals surface area contributed by atoms with Crippen LogP contribution in [0, 0.1) is 22.7 Å². The third-order valence-electron chi connectivity index (χ3n) is 4.78. The van der Waals surface area contributed by atoms with Crippen LogP contribution in [-0.2, 0) is 6.54 Å². The number of halogens is 1. The van der Waals surface area contributed by atoms with Crippen LogP contribution in [0.5, 0.6) is 0 Å². The van der Waals surface area contributed by atoms with Crippen LogP contribution in [0.1, 0.15) is 5.56 Å². The molecule has 0 unspecified atom stereocenters. The summed E-state index contributed by atoms with van der Waals surface area (Å²) in [5.41, 5.74) is 9.46. The summed E-state index contributed by atoms with van der Waals surface area (Å²) < 4.78 is 14.5. The zero-order valence-corrected chi connectivity index (χ0v) is 16.4. The van der Waals surface area contributed by atoms with Crippen molar-refractivity contribution in [2.45, 2.75) is 6.54 Å². The maximum atomic E-state index is 14.5. The standard InChI is InChI=1S/C23H18FN7/c24-19-4-2-1-3-18(19)21-20(16-9-11-28-12-10-16)29-22(30-21)17-7-5-15(6-8-17)13-31(14-25)23(26)27/h1-12H,13H2,(H3,26,27)(H,29,30). The van der Waals surface area contributed by atoms with Crippen molar-refractivity contribution in [3.8, 4) is 40.1 Å². The van der Waals surface area contributed by atoms with Crippen LogP contribution < -0.4 is 5.73 Å². The zero-order chi connectivity index (χ0) is 21.8. The number of aromatic nitrogens is 3. The second-order valence-corrected chi connectivity index (χ2v) is 6.79. The number of hydrogen-bond donors (Lipinski definition) is 3. The van der Waals surface area contributed by atoms with Gasteiger partial charge >= 0.3 is 0 Å². The minimum atomic E-state index is -0.343. The Balaban J connectivity index is 1.74. The smallest absolute Gasteiger partial charge is 0.202 e. The van der Waals surface area contributed by atoms with E-state index in [0.29, 0.717) is 22.8 Å². The van der Waals surface area contributed by atoms with Crippen molar-refractivity contribution in [3.05, 3.63) is 84.4 Å². The highest BCUT2D eigenvalue weighted by atomic mass is 19.1. The molecule has 4 rings (SSSR count). The van der Waals surface area contributed by atoms with Crippen LogP contribution in [0.2, 0.25) is 0 Å². The Labute approximate surface area is 178 Å². The monoisotopic (exact) mass is 411 g/mol. The van der Waals surface area contributed by atoms with Gasteiger partial charge in [0.25, 0.3) is 0 Å². The molecule has 7 nitrogen and oxygen atoms in total. The van der Waals surface area contributed by atoms with Gasteiger partial charge in [-0.15, -0.1) is 0 Å². The minimum Gasteiger partial charge on any atom is -0.369 e. The summed E-state index contributed by atoms with van der Waals surface area (Å²) in [7, 11) is 0. The third kappa shape index (κ3) is 4.11. The molecular formula is C23H18FN7. The second kappa shape index (κ2) is 8.47. The normalized spacial score (nSPS) is 10.5. The van der Waals surface area contributed by atoms with Crippen LogP contribution >= 0.6 is 0 Å². The molecule has 0 atom stereocenters. The van der Waals surface area contributed by atoms with Gasteiger partial charge in [0.15, 0.2) is 6.19 Å². The van der Waals surface area contributed by atoms with Crippen molar-refractivity contribution >= 4 is 5.96 Å². The largest absolute Gasteiger partial charge is 0.369 e. The van der Waals surface area contributed by atoms with E-state index in [1.807, 2.05) is 42.6 Å². The Bertz CT molecular complexity index is 1260. The number of hydrogen-bond acceptors (Lipinski definition) is 4. The van der Waals surface area contributed by atoms with Gasteiger partial charge < -0.3 is 10.7 Å². The first kappa shape index (κ1) is 19.8. The molecule has 0 radical (unpaired) electrons. The number of imidazole rings is 1. The quantitative estimate of drug-likeness (QED) is 0.198. The number of benzene rings is 2. The van der Waals surface area contributed by atoms with E-state index in [0.717, 1.165) is 21.6 Å². The highest BCUT2D eigenvalue weighted by Gasteiger charge is 2.18. The van der Waals surface area contributed by atoms with Crippen LogP contribution in [0.25, 0.3) is 33.9 Å². The first-order chi connectivity index (χ1) is 15.1. The van der Waals surface area contributed by atoms with Crippen molar-refractivity contribution in [2.75, 3.05) is 0 Å². The van der Waals surface area contributed by atoms with E-state index in [9.17, 15) is 4.39 Å². The van der Waals surface area contributed by atoms with E-state index >= 15 is 0 Å². The summed E-state index contributed by atoms with van der Waals surface area (Å²) in [6, 6.07) is 17.6. The lowest BCUT2D eigenvalue weighted by molar-refractivity contribution is 0.561. The highest BCUT2D eigenvalue weighted by Crippen LogP contribution is 2.34. The molecule has 0 saturated heterocycles. The van der Waals surface area contributed by atoms with Gasteiger partial charge in [-0.05, 0) is 29.8 Å². The molecule has 0 fully saturated rings. The average Bonchev–Trinajstić information content (AvgIpc) is 3.24. The lowest BCUT2D eigenvalue weighted by atomic mass is 10.1. The Kier molecular flexibility index (Phi) is 5.41. The van der Waals surface area contributed by atoms with Gasteiger partial charge in [0.1, 0.15) is 11.6 Å². The molecule has 4 aromatic rings. The van der Waals surface area contributed by atoms with Crippen LogP contribution in [-0.4, -0.2) is 25.8 Å². The second-order valence-electron chi connectivity index (χ2n) is 6.79. The molecule has 0 aliphatic rings. The van der Waals surface area contributed by atoms with E-state index in [-0.39, 0.29) is 18.3 Å². The average molecular weight is 411 g/mol. The van der Waals surface area contributed by atoms with Gasteiger partial charge in [0, 0.05) is 29.1 Å². The topological polar surface area (TPSA) is 118 Å². The number of pyridine rings is 1. The van der Waals surface area contributed by atoms with Crippen molar-refractivity contribution in [1.82, 2.24) is 19.9 Å². The number of nitriles is 1. The molecule has 4 N–H and O–H groups in total. The predicted octanol–water partition coefficient (Wildman–Crippen LogP) is 4.12. The summed E-state index contributed by atoms with van der Waals surface area (Å²) in [4.78, 5) is 13.1. The Morgan fingerprint density at radius 3 is 2.42 bits per heavy atom. The third-order valence-corrected chi connectivity index (χ3v) is 4.78. The molecule has 0 saturated carbocycles. The van der Waals surface area contributed by atoms with Gasteiger partial charge in [-0.1, -0.05) is 36.4 Å². The van der Waals surface area contributed by atoms with E-state index < -0.39 is 0 Å². The first-order valence-corrected chi connectivity index (χ1v) is 9.42. The molecule has 0 bridgehead atoms. The number of nitrogens with one attached hydrogen (secondary N) is 2. The molecule has 31 heavy (non-hydrogen) atoms. The molecule has 152 valence electrons. The van der Waals surface area contributed by atoms with Gasteiger partial charge in [0.05, 0.1) is 17.9 Å². The van der Waals surface area contributed by atoms with Crippen LogP contribution in [0.4, 0.5) is 4.39 Å². The molecule has 0 amide bonds. The molecule has 8 heteroatoms. The van der Waals surface area contributed by atoms with E-state index in [1.54, 1.807) is 30.6 Å². The highest BCUT2D eigenvalue weighted by molar-refractivity contribution is 5.81.